The zero-order valence-electron chi connectivity index (χ0n) is 11.5. The number of fused-ring (bicyclic) bond motifs is 2. The van der Waals surface area contributed by atoms with E-state index in [1.54, 1.807) is 20.0 Å². The van der Waals surface area contributed by atoms with E-state index in [0.29, 0.717) is 30.3 Å². The van der Waals surface area contributed by atoms with Gasteiger partial charge in [-0.25, -0.2) is 0 Å². The minimum atomic E-state index is -0.797. The third kappa shape index (κ3) is 2.04. The molecule has 0 saturated heterocycles. The zero-order chi connectivity index (χ0) is 14.3. The Balaban J connectivity index is 2.29. The number of hydrogen-bond donors (Lipinski definition) is 1. The fourth-order valence-electron chi connectivity index (χ4n) is 2.45. The molecule has 1 aliphatic rings. The first-order valence-electron chi connectivity index (χ1n) is 6.69. The number of benzene rings is 1. The van der Waals surface area contributed by atoms with Crippen LogP contribution in [0.5, 0.6) is 11.5 Å². The summed E-state index contributed by atoms with van der Waals surface area (Å²) < 4.78 is 12.8. The second-order valence-corrected chi connectivity index (χ2v) is 5.05. The molecule has 0 fully saturated rings. The van der Waals surface area contributed by atoms with Crippen molar-refractivity contribution in [3.05, 3.63) is 34.1 Å². The summed E-state index contributed by atoms with van der Waals surface area (Å²) >= 11 is 0. The summed E-state index contributed by atoms with van der Waals surface area (Å²) in [5.41, 5.74) is 0.958. The second-order valence-electron chi connectivity index (χ2n) is 5.05. The monoisotopic (exact) mass is 275 g/mol. The highest BCUT2D eigenvalue weighted by atomic mass is 16.5. The number of pyridine rings is 1. The maximum atomic E-state index is 12.2. The van der Waals surface area contributed by atoms with Crippen molar-refractivity contribution < 1.29 is 14.6 Å². The lowest BCUT2D eigenvalue weighted by atomic mass is 10.1. The number of aromatic nitrogens is 1. The van der Waals surface area contributed by atoms with Gasteiger partial charge in [-0.1, -0.05) is 0 Å². The summed E-state index contributed by atoms with van der Waals surface area (Å²) in [6.45, 7) is 2.82. The molecular weight excluding hydrogens is 258 g/mol. The lowest BCUT2D eigenvalue weighted by Gasteiger charge is -2.13. The Bertz CT molecular complexity index is 718. The Morgan fingerprint density at radius 1 is 1.20 bits per heavy atom. The van der Waals surface area contributed by atoms with E-state index in [9.17, 15) is 9.90 Å². The first-order chi connectivity index (χ1) is 9.58. The quantitative estimate of drug-likeness (QED) is 0.861. The van der Waals surface area contributed by atoms with Gasteiger partial charge in [-0.05, 0) is 19.1 Å². The number of ether oxygens (including phenoxy) is 2. The van der Waals surface area contributed by atoms with Crippen molar-refractivity contribution >= 4 is 10.9 Å². The molecule has 0 aliphatic carbocycles. The van der Waals surface area contributed by atoms with Gasteiger partial charge in [-0.2, -0.15) is 0 Å². The van der Waals surface area contributed by atoms with Gasteiger partial charge in [-0.3, -0.25) is 4.79 Å². The van der Waals surface area contributed by atoms with Gasteiger partial charge in [0.2, 0.25) is 0 Å². The fourth-order valence-corrected chi connectivity index (χ4v) is 2.45. The van der Waals surface area contributed by atoms with Crippen LogP contribution in [0.2, 0.25) is 0 Å². The van der Waals surface area contributed by atoms with Crippen LogP contribution in [0, 0.1) is 0 Å². The van der Waals surface area contributed by atoms with Crippen molar-refractivity contribution in [2.75, 3.05) is 13.2 Å². The number of rotatable bonds is 1. The molecule has 1 aliphatic heterocycles. The van der Waals surface area contributed by atoms with Crippen LogP contribution in [-0.4, -0.2) is 22.9 Å². The highest BCUT2D eigenvalue weighted by Gasteiger charge is 2.16. The number of aliphatic hydroxyl groups is 1. The first-order valence-corrected chi connectivity index (χ1v) is 6.69. The molecule has 2 aromatic rings. The minimum absolute atomic E-state index is 0.193. The average molecular weight is 275 g/mol. The Morgan fingerprint density at radius 3 is 2.50 bits per heavy atom. The Morgan fingerprint density at radius 2 is 1.85 bits per heavy atom. The van der Waals surface area contributed by atoms with Crippen molar-refractivity contribution in [2.45, 2.75) is 19.4 Å². The van der Waals surface area contributed by atoms with E-state index < -0.39 is 6.10 Å². The van der Waals surface area contributed by atoms with Crippen LogP contribution in [0.15, 0.2) is 23.0 Å². The van der Waals surface area contributed by atoms with Crippen molar-refractivity contribution in [3.63, 3.8) is 0 Å². The maximum absolute atomic E-state index is 12.2. The number of hydrogen-bond acceptors (Lipinski definition) is 4. The predicted octanol–water partition coefficient (Wildman–Crippen LogP) is 1.75. The summed E-state index contributed by atoms with van der Waals surface area (Å²) in [6, 6.07) is 5.40. The Hall–Kier alpha value is -2.01. The van der Waals surface area contributed by atoms with Crippen LogP contribution in [0.25, 0.3) is 10.9 Å². The molecule has 1 aromatic heterocycles. The smallest absolute Gasteiger partial charge is 0.256 e. The normalized spacial score (nSPS) is 15.9. The van der Waals surface area contributed by atoms with Crippen LogP contribution in [0.1, 0.15) is 25.0 Å². The van der Waals surface area contributed by atoms with E-state index in [1.165, 1.54) is 4.57 Å². The van der Waals surface area contributed by atoms with Gasteiger partial charge in [-0.15, -0.1) is 0 Å². The van der Waals surface area contributed by atoms with Gasteiger partial charge in [0.15, 0.2) is 11.5 Å². The second kappa shape index (κ2) is 4.83. The molecule has 5 nitrogen and oxygen atoms in total. The molecule has 0 spiro atoms. The summed E-state index contributed by atoms with van der Waals surface area (Å²) in [7, 11) is 1.69. The van der Waals surface area contributed by atoms with Crippen molar-refractivity contribution in [1.82, 2.24) is 4.57 Å². The minimum Gasteiger partial charge on any atom is -0.490 e. The van der Waals surface area contributed by atoms with E-state index in [-0.39, 0.29) is 5.56 Å². The van der Waals surface area contributed by atoms with Crippen LogP contribution < -0.4 is 15.0 Å². The van der Waals surface area contributed by atoms with Gasteiger partial charge in [0, 0.05) is 30.5 Å². The number of aliphatic hydroxyl groups excluding tert-OH is 1. The molecule has 0 radical (unpaired) electrons. The standard InChI is InChI=1S/C15H17NO4/c1-9(17)11-6-10-7-13-14(20-5-3-4-19-13)8-12(10)16(2)15(11)18/h6-9,17H,3-5H2,1-2H3. The van der Waals surface area contributed by atoms with Crippen LogP contribution >= 0.6 is 0 Å². The maximum Gasteiger partial charge on any atom is 0.256 e. The Labute approximate surface area is 116 Å². The van der Waals surface area contributed by atoms with Gasteiger partial charge in [0.1, 0.15) is 0 Å². The highest BCUT2D eigenvalue weighted by molar-refractivity contribution is 5.83. The lowest BCUT2D eigenvalue weighted by molar-refractivity contribution is 0.197. The van der Waals surface area contributed by atoms with Crippen LogP contribution in [0.4, 0.5) is 0 Å². The molecular formula is C15H17NO4. The molecule has 0 amide bonds. The van der Waals surface area contributed by atoms with Crippen molar-refractivity contribution in [2.24, 2.45) is 7.05 Å². The lowest BCUT2D eigenvalue weighted by Crippen LogP contribution is -2.22. The first kappa shape index (κ1) is 13.0. The fraction of sp³-hybridized carbons (Fsp3) is 0.400. The van der Waals surface area contributed by atoms with Gasteiger partial charge in [0.05, 0.1) is 24.8 Å². The Kier molecular flexibility index (Phi) is 3.14. The molecule has 106 valence electrons. The summed E-state index contributed by atoms with van der Waals surface area (Å²) in [5, 5.41) is 10.6. The summed E-state index contributed by atoms with van der Waals surface area (Å²) in [5.74, 6) is 1.35. The number of nitrogens with zero attached hydrogens (tertiary/aromatic N) is 1. The molecule has 1 aromatic carbocycles. The molecule has 2 heterocycles. The SMILES string of the molecule is CC(O)c1cc2cc3c(cc2n(C)c1=O)OCCCO3. The number of aryl methyl sites for hydroxylation is 1. The zero-order valence-corrected chi connectivity index (χ0v) is 11.5. The third-order valence-corrected chi connectivity index (χ3v) is 3.57. The van der Waals surface area contributed by atoms with E-state index in [4.69, 9.17) is 9.47 Å². The molecule has 5 heteroatoms. The molecule has 0 bridgehead atoms. The van der Waals surface area contributed by atoms with Crippen LogP contribution in [0.3, 0.4) is 0 Å². The van der Waals surface area contributed by atoms with Gasteiger partial charge < -0.3 is 19.1 Å². The molecule has 1 unspecified atom stereocenters. The molecule has 1 N–H and O–H groups in total. The predicted molar refractivity (Wildman–Crippen MR) is 75.4 cm³/mol. The van der Waals surface area contributed by atoms with Crippen LogP contribution in [-0.2, 0) is 7.05 Å². The van der Waals surface area contributed by atoms with E-state index in [2.05, 4.69) is 0 Å². The van der Waals surface area contributed by atoms with Gasteiger partial charge in [0.25, 0.3) is 5.56 Å². The van der Waals surface area contributed by atoms with Gasteiger partial charge >= 0.3 is 0 Å². The van der Waals surface area contributed by atoms with E-state index in [0.717, 1.165) is 17.3 Å². The largest absolute Gasteiger partial charge is 0.490 e. The third-order valence-electron chi connectivity index (χ3n) is 3.57. The van der Waals surface area contributed by atoms with Crippen molar-refractivity contribution in [3.8, 4) is 11.5 Å². The van der Waals surface area contributed by atoms with E-state index in [1.807, 2.05) is 12.1 Å². The summed E-state index contributed by atoms with van der Waals surface area (Å²) in [4.78, 5) is 12.2. The molecule has 3 rings (SSSR count). The molecule has 1 atom stereocenters. The summed E-state index contributed by atoms with van der Waals surface area (Å²) in [6.07, 6.45) is 0.0390. The topological polar surface area (TPSA) is 60.7 Å². The highest BCUT2D eigenvalue weighted by Crippen LogP contribution is 2.34. The van der Waals surface area contributed by atoms with E-state index >= 15 is 0 Å². The molecule has 20 heavy (non-hydrogen) atoms. The van der Waals surface area contributed by atoms with Crippen molar-refractivity contribution in [1.29, 1.82) is 0 Å². The molecule has 0 saturated carbocycles. The average Bonchev–Trinajstić information content (AvgIpc) is 2.65.